The molecule has 1 heterocycles. The summed E-state index contributed by atoms with van der Waals surface area (Å²) in [7, 11) is 3.44. The van der Waals surface area contributed by atoms with Gasteiger partial charge in [-0.25, -0.2) is 4.98 Å². The van der Waals surface area contributed by atoms with Crippen molar-refractivity contribution in [1.82, 2.24) is 14.5 Å². The van der Waals surface area contributed by atoms with Crippen LogP contribution in [0.3, 0.4) is 0 Å². The average molecular weight is 408 g/mol. The van der Waals surface area contributed by atoms with Gasteiger partial charge in [0.25, 0.3) is 0 Å². The third kappa shape index (κ3) is 5.00. The molecule has 1 aromatic heterocycles. The van der Waals surface area contributed by atoms with Crippen LogP contribution >= 0.6 is 0 Å². The highest BCUT2D eigenvalue weighted by Crippen LogP contribution is 2.28. The number of amides is 1. The van der Waals surface area contributed by atoms with Crippen LogP contribution in [0, 0.1) is 0 Å². The van der Waals surface area contributed by atoms with Gasteiger partial charge in [0, 0.05) is 20.5 Å². The number of rotatable bonds is 10. The van der Waals surface area contributed by atoms with Crippen molar-refractivity contribution in [2.24, 2.45) is 0 Å². The summed E-state index contributed by atoms with van der Waals surface area (Å²) >= 11 is 0. The fourth-order valence-corrected chi connectivity index (χ4v) is 3.35. The molecule has 0 saturated carbocycles. The van der Waals surface area contributed by atoms with Gasteiger partial charge >= 0.3 is 0 Å². The SMILES string of the molecule is C=CCc1ccc(OCCCn2c(CN(C)C(C)=O)nc3ccccc32)c(OC)c1. The van der Waals surface area contributed by atoms with Crippen LogP contribution in [0.25, 0.3) is 11.0 Å². The Morgan fingerprint density at radius 2 is 2.03 bits per heavy atom. The third-order valence-electron chi connectivity index (χ3n) is 5.04. The Labute approximate surface area is 177 Å². The number of carbonyl (C=O) groups is 1. The monoisotopic (exact) mass is 407 g/mol. The molecule has 0 spiro atoms. The summed E-state index contributed by atoms with van der Waals surface area (Å²) in [5.41, 5.74) is 3.14. The van der Waals surface area contributed by atoms with E-state index in [1.165, 1.54) is 0 Å². The summed E-state index contributed by atoms with van der Waals surface area (Å²) in [4.78, 5) is 18.1. The predicted molar refractivity (Wildman–Crippen MR) is 119 cm³/mol. The number of hydrogen-bond donors (Lipinski definition) is 0. The molecule has 2 aromatic carbocycles. The third-order valence-corrected chi connectivity index (χ3v) is 5.04. The molecule has 0 atom stereocenters. The van der Waals surface area contributed by atoms with Gasteiger partial charge in [-0.1, -0.05) is 24.3 Å². The minimum Gasteiger partial charge on any atom is -0.493 e. The minimum absolute atomic E-state index is 0.0175. The number of benzene rings is 2. The number of carbonyl (C=O) groups excluding carboxylic acids is 1. The van der Waals surface area contributed by atoms with Crippen molar-refractivity contribution in [3.63, 3.8) is 0 Å². The van der Waals surface area contributed by atoms with E-state index in [1.54, 1.807) is 26.0 Å². The van der Waals surface area contributed by atoms with Crippen molar-refractivity contribution in [3.05, 3.63) is 66.5 Å². The Balaban J connectivity index is 1.68. The summed E-state index contributed by atoms with van der Waals surface area (Å²) in [6.45, 7) is 7.11. The van der Waals surface area contributed by atoms with Crippen LogP contribution in [0.4, 0.5) is 0 Å². The maximum absolute atomic E-state index is 11.7. The first-order chi connectivity index (χ1) is 14.5. The van der Waals surface area contributed by atoms with E-state index in [0.29, 0.717) is 13.2 Å². The number of hydrogen-bond acceptors (Lipinski definition) is 4. The Hall–Kier alpha value is -3.28. The molecule has 0 fully saturated rings. The molecule has 0 aliphatic carbocycles. The summed E-state index contributed by atoms with van der Waals surface area (Å²) in [6, 6.07) is 14.0. The number of imidazole rings is 1. The number of nitrogens with zero attached hydrogens (tertiary/aromatic N) is 3. The van der Waals surface area contributed by atoms with Gasteiger partial charge in [-0.05, 0) is 42.7 Å². The molecule has 1 amide bonds. The van der Waals surface area contributed by atoms with Gasteiger partial charge in [-0.3, -0.25) is 4.79 Å². The topological polar surface area (TPSA) is 56.6 Å². The van der Waals surface area contributed by atoms with Gasteiger partial charge < -0.3 is 18.9 Å². The zero-order chi connectivity index (χ0) is 21.5. The minimum atomic E-state index is 0.0175. The van der Waals surface area contributed by atoms with Gasteiger partial charge in [0.1, 0.15) is 5.82 Å². The van der Waals surface area contributed by atoms with Crippen molar-refractivity contribution in [2.45, 2.75) is 32.9 Å². The van der Waals surface area contributed by atoms with Crippen LogP contribution in [0.15, 0.2) is 55.1 Å². The molecular weight excluding hydrogens is 378 g/mol. The summed E-state index contributed by atoms with van der Waals surface area (Å²) in [5, 5.41) is 0. The van der Waals surface area contributed by atoms with Crippen molar-refractivity contribution in [2.75, 3.05) is 20.8 Å². The van der Waals surface area contributed by atoms with Gasteiger partial charge in [-0.15, -0.1) is 6.58 Å². The highest BCUT2D eigenvalue weighted by molar-refractivity contribution is 5.76. The lowest BCUT2D eigenvalue weighted by Gasteiger charge is -2.16. The molecule has 6 nitrogen and oxygen atoms in total. The molecule has 0 radical (unpaired) electrons. The number of para-hydroxylation sites is 2. The highest BCUT2D eigenvalue weighted by Gasteiger charge is 2.14. The molecule has 0 bridgehead atoms. The van der Waals surface area contributed by atoms with Crippen LogP contribution in [0.2, 0.25) is 0 Å². The zero-order valence-electron chi connectivity index (χ0n) is 17.9. The fraction of sp³-hybridized carbons (Fsp3) is 0.333. The van der Waals surface area contributed by atoms with Crippen LogP contribution in [-0.4, -0.2) is 41.1 Å². The van der Waals surface area contributed by atoms with Gasteiger partial charge in [0.2, 0.25) is 5.91 Å². The fourth-order valence-electron chi connectivity index (χ4n) is 3.35. The molecule has 0 saturated heterocycles. The van der Waals surface area contributed by atoms with E-state index in [-0.39, 0.29) is 5.91 Å². The number of ether oxygens (including phenoxy) is 2. The Morgan fingerprint density at radius 1 is 1.23 bits per heavy atom. The Bertz CT molecular complexity index is 1030. The summed E-state index contributed by atoms with van der Waals surface area (Å²) in [5.74, 6) is 2.35. The molecule has 6 heteroatoms. The second-order valence-electron chi connectivity index (χ2n) is 7.22. The average Bonchev–Trinajstić information content (AvgIpc) is 3.09. The number of aromatic nitrogens is 2. The first kappa shape index (κ1) is 21.4. The number of fused-ring (bicyclic) bond motifs is 1. The largest absolute Gasteiger partial charge is 0.493 e. The molecule has 30 heavy (non-hydrogen) atoms. The maximum Gasteiger partial charge on any atom is 0.219 e. The molecule has 0 unspecified atom stereocenters. The second-order valence-corrected chi connectivity index (χ2v) is 7.22. The van der Waals surface area contributed by atoms with E-state index in [1.807, 2.05) is 42.5 Å². The molecule has 158 valence electrons. The van der Waals surface area contributed by atoms with Crippen LogP contribution in [-0.2, 0) is 24.3 Å². The van der Waals surface area contributed by atoms with E-state index < -0.39 is 0 Å². The predicted octanol–water partition coefficient (Wildman–Crippen LogP) is 4.22. The molecule has 0 aliphatic heterocycles. The highest BCUT2D eigenvalue weighted by atomic mass is 16.5. The smallest absolute Gasteiger partial charge is 0.219 e. The van der Waals surface area contributed by atoms with E-state index in [0.717, 1.165) is 53.3 Å². The number of aryl methyl sites for hydroxylation is 1. The number of allylic oxidation sites excluding steroid dienone is 1. The number of methoxy groups -OCH3 is 1. The lowest BCUT2D eigenvalue weighted by Crippen LogP contribution is -2.25. The first-order valence-corrected chi connectivity index (χ1v) is 10.1. The normalized spacial score (nSPS) is 10.8. The second kappa shape index (κ2) is 9.96. The molecule has 3 rings (SSSR count). The summed E-state index contributed by atoms with van der Waals surface area (Å²) in [6.07, 6.45) is 3.46. The van der Waals surface area contributed by atoms with Gasteiger partial charge in [0.15, 0.2) is 11.5 Å². The van der Waals surface area contributed by atoms with E-state index in [4.69, 9.17) is 14.5 Å². The summed E-state index contributed by atoms with van der Waals surface area (Å²) < 4.78 is 13.6. The lowest BCUT2D eigenvalue weighted by atomic mass is 10.1. The van der Waals surface area contributed by atoms with E-state index >= 15 is 0 Å². The van der Waals surface area contributed by atoms with Crippen LogP contribution < -0.4 is 9.47 Å². The van der Waals surface area contributed by atoms with Crippen molar-refractivity contribution >= 4 is 16.9 Å². The lowest BCUT2D eigenvalue weighted by molar-refractivity contribution is -0.128. The van der Waals surface area contributed by atoms with Crippen LogP contribution in [0.5, 0.6) is 11.5 Å². The first-order valence-electron chi connectivity index (χ1n) is 10.1. The van der Waals surface area contributed by atoms with E-state index in [9.17, 15) is 4.79 Å². The van der Waals surface area contributed by atoms with Crippen molar-refractivity contribution in [3.8, 4) is 11.5 Å². The van der Waals surface area contributed by atoms with Gasteiger partial charge in [0.05, 0.1) is 31.3 Å². The molecular formula is C24H29N3O3. The van der Waals surface area contributed by atoms with E-state index in [2.05, 4.69) is 17.2 Å². The molecule has 0 N–H and O–H groups in total. The zero-order valence-corrected chi connectivity index (χ0v) is 17.9. The maximum atomic E-state index is 11.7. The molecule has 3 aromatic rings. The van der Waals surface area contributed by atoms with Crippen molar-refractivity contribution < 1.29 is 14.3 Å². The quantitative estimate of drug-likeness (QED) is 0.373. The van der Waals surface area contributed by atoms with Crippen molar-refractivity contribution in [1.29, 1.82) is 0 Å². The Morgan fingerprint density at radius 3 is 2.77 bits per heavy atom. The van der Waals surface area contributed by atoms with Gasteiger partial charge in [-0.2, -0.15) is 0 Å². The standard InChI is InChI=1S/C24H29N3O3/c1-5-9-19-12-13-22(23(16-19)29-4)30-15-8-14-27-21-11-7-6-10-20(21)25-24(27)17-26(3)18(2)28/h5-7,10-13,16H,1,8-9,14-15,17H2,2-4H3. The molecule has 0 aliphatic rings. The van der Waals surface area contributed by atoms with Crippen LogP contribution in [0.1, 0.15) is 24.7 Å². The Kier molecular flexibility index (Phi) is 7.12.